The van der Waals surface area contributed by atoms with E-state index in [2.05, 4.69) is 12.8 Å². The van der Waals surface area contributed by atoms with Crippen LogP contribution in [0.15, 0.2) is 0 Å². The molecule has 0 rings (SSSR count). The molecule has 0 bridgehead atoms. The molecule has 0 saturated carbocycles. The molecular formula is C11H18O3. The number of unbranched alkanes of at least 4 members (excludes halogenated alkanes) is 1. The minimum absolute atomic E-state index is 0.297. The smallest absolute Gasteiger partial charge is 0.303 e. The molecule has 0 aromatic heterocycles. The molecule has 0 aliphatic heterocycles. The molecule has 0 N–H and O–H groups in total. The van der Waals surface area contributed by atoms with Gasteiger partial charge in [0.1, 0.15) is 6.10 Å². The predicted molar refractivity (Wildman–Crippen MR) is 54.7 cm³/mol. The summed E-state index contributed by atoms with van der Waals surface area (Å²) in [5.74, 6) is 2.14. The lowest BCUT2D eigenvalue weighted by molar-refractivity contribution is -0.149. The van der Waals surface area contributed by atoms with Crippen molar-refractivity contribution in [2.24, 2.45) is 0 Å². The lowest BCUT2D eigenvalue weighted by Crippen LogP contribution is -2.22. The van der Waals surface area contributed by atoms with Crippen LogP contribution in [0.5, 0.6) is 0 Å². The summed E-state index contributed by atoms with van der Waals surface area (Å²) in [4.78, 5) is 10.7. The first-order chi connectivity index (χ1) is 6.70. The summed E-state index contributed by atoms with van der Waals surface area (Å²) >= 11 is 0. The van der Waals surface area contributed by atoms with Crippen molar-refractivity contribution in [3.63, 3.8) is 0 Å². The van der Waals surface area contributed by atoms with E-state index in [1.807, 2.05) is 0 Å². The van der Waals surface area contributed by atoms with Crippen molar-refractivity contribution >= 4 is 5.97 Å². The van der Waals surface area contributed by atoms with Crippen LogP contribution in [0.4, 0.5) is 0 Å². The zero-order valence-electron chi connectivity index (χ0n) is 8.91. The third-order valence-electron chi connectivity index (χ3n) is 1.62. The Morgan fingerprint density at radius 3 is 2.79 bits per heavy atom. The van der Waals surface area contributed by atoms with Gasteiger partial charge in [0, 0.05) is 20.0 Å². The summed E-state index contributed by atoms with van der Waals surface area (Å²) in [6.45, 7) is 4.55. The SMILES string of the molecule is C#CCC(COCCCC)OC(C)=O. The fourth-order valence-corrected chi connectivity index (χ4v) is 0.962. The zero-order chi connectivity index (χ0) is 10.8. The summed E-state index contributed by atoms with van der Waals surface area (Å²) in [7, 11) is 0. The maximum absolute atomic E-state index is 10.7. The van der Waals surface area contributed by atoms with E-state index < -0.39 is 0 Å². The lowest BCUT2D eigenvalue weighted by atomic mass is 10.3. The van der Waals surface area contributed by atoms with E-state index in [9.17, 15) is 4.79 Å². The fourth-order valence-electron chi connectivity index (χ4n) is 0.962. The highest BCUT2D eigenvalue weighted by molar-refractivity contribution is 5.66. The number of terminal acetylenes is 1. The van der Waals surface area contributed by atoms with Crippen molar-refractivity contribution in [1.29, 1.82) is 0 Å². The van der Waals surface area contributed by atoms with Gasteiger partial charge in [-0.15, -0.1) is 12.3 Å². The van der Waals surface area contributed by atoms with Gasteiger partial charge in [-0.25, -0.2) is 0 Å². The Kier molecular flexibility index (Phi) is 7.96. The van der Waals surface area contributed by atoms with Gasteiger partial charge in [-0.2, -0.15) is 0 Å². The zero-order valence-corrected chi connectivity index (χ0v) is 8.91. The highest BCUT2D eigenvalue weighted by Crippen LogP contribution is 2.00. The van der Waals surface area contributed by atoms with Crippen molar-refractivity contribution in [3.05, 3.63) is 0 Å². The minimum atomic E-state index is -0.315. The van der Waals surface area contributed by atoms with Crippen LogP contribution in [0.1, 0.15) is 33.1 Å². The molecule has 0 aromatic rings. The third-order valence-corrected chi connectivity index (χ3v) is 1.62. The maximum Gasteiger partial charge on any atom is 0.303 e. The second kappa shape index (κ2) is 8.58. The average molecular weight is 198 g/mol. The summed E-state index contributed by atoms with van der Waals surface area (Å²) in [6, 6.07) is 0. The number of carbonyl (C=O) groups excluding carboxylic acids is 1. The Morgan fingerprint density at radius 2 is 2.29 bits per heavy atom. The van der Waals surface area contributed by atoms with Crippen molar-refractivity contribution in [1.82, 2.24) is 0 Å². The summed E-state index contributed by atoms with van der Waals surface area (Å²) in [6.07, 6.45) is 7.36. The molecule has 0 fully saturated rings. The number of esters is 1. The van der Waals surface area contributed by atoms with Crippen LogP contribution >= 0.6 is 0 Å². The molecular weight excluding hydrogens is 180 g/mol. The first kappa shape index (κ1) is 13.0. The topological polar surface area (TPSA) is 35.5 Å². The van der Waals surface area contributed by atoms with Gasteiger partial charge in [-0.1, -0.05) is 13.3 Å². The van der Waals surface area contributed by atoms with E-state index in [1.54, 1.807) is 0 Å². The maximum atomic E-state index is 10.7. The van der Waals surface area contributed by atoms with Gasteiger partial charge in [0.25, 0.3) is 0 Å². The number of carbonyl (C=O) groups is 1. The van der Waals surface area contributed by atoms with E-state index >= 15 is 0 Å². The molecule has 0 aliphatic carbocycles. The molecule has 1 atom stereocenters. The Morgan fingerprint density at radius 1 is 1.57 bits per heavy atom. The van der Waals surface area contributed by atoms with E-state index in [-0.39, 0.29) is 12.1 Å². The number of rotatable bonds is 7. The average Bonchev–Trinajstić information content (AvgIpc) is 2.12. The first-order valence-corrected chi connectivity index (χ1v) is 4.89. The van der Waals surface area contributed by atoms with Crippen molar-refractivity contribution in [3.8, 4) is 12.3 Å². The predicted octanol–water partition coefficient (Wildman–Crippen LogP) is 1.76. The quantitative estimate of drug-likeness (QED) is 0.355. The second-order valence-corrected chi connectivity index (χ2v) is 3.07. The van der Waals surface area contributed by atoms with Crippen molar-refractivity contribution in [2.75, 3.05) is 13.2 Å². The molecule has 3 nitrogen and oxygen atoms in total. The summed E-state index contributed by atoms with van der Waals surface area (Å²) in [5.41, 5.74) is 0. The van der Waals surface area contributed by atoms with Crippen molar-refractivity contribution < 1.29 is 14.3 Å². The molecule has 0 saturated heterocycles. The Labute approximate surface area is 85.8 Å². The molecule has 0 aromatic carbocycles. The minimum Gasteiger partial charge on any atom is -0.459 e. The number of ether oxygens (including phenoxy) is 2. The molecule has 80 valence electrons. The Hall–Kier alpha value is -1.01. The highest BCUT2D eigenvalue weighted by atomic mass is 16.6. The van der Waals surface area contributed by atoms with Crippen LogP contribution in [0.25, 0.3) is 0 Å². The molecule has 0 heterocycles. The van der Waals surface area contributed by atoms with Gasteiger partial charge in [0.05, 0.1) is 6.61 Å². The summed E-state index contributed by atoms with van der Waals surface area (Å²) in [5, 5.41) is 0. The van der Waals surface area contributed by atoms with Gasteiger partial charge < -0.3 is 9.47 Å². The van der Waals surface area contributed by atoms with Gasteiger partial charge >= 0.3 is 5.97 Å². The molecule has 14 heavy (non-hydrogen) atoms. The van der Waals surface area contributed by atoms with Crippen LogP contribution in [0, 0.1) is 12.3 Å². The third kappa shape index (κ3) is 7.63. The second-order valence-electron chi connectivity index (χ2n) is 3.07. The molecule has 1 unspecified atom stereocenters. The van der Waals surface area contributed by atoms with E-state index in [0.29, 0.717) is 19.6 Å². The highest BCUT2D eigenvalue weighted by Gasteiger charge is 2.10. The monoisotopic (exact) mass is 198 g/mol. The van der Waals surface area contributed by atoms with E-state index in [1.165, 1.54) is 6.92 Å². The van der Waals surface area contributed by atoms with Crippen LogP contribution in [0.2, 0.25) is 0 Å². The van der Waals surface area contributed by atoms with Gasteiger partial charge in [0.15, 0.2) is 0 Å². The van der Waals surface area contributed by atoms with Crippen molar-refractivity contribution in [2.45, 2.75) is 39.2 Å². The number of hydrogen-bond acceptors (Lipinski definition) is 3. The van der Waals surface area contributed by atoms with Crippen LogP contribution in [-0.2, 0) is 14.3 Å². The van der Waals surface area contributed by atoms with Gasteiger partial charge in [0.2, 0.25) is 0 Å². The van der Waals surface area contributed by atoms with E-state index in [0.717, 1.165) is 12.8 Å². The molecule has 0 amide bonds. The normalized spacial score (nSPS) is 11.8. The number of hydrogen-bond donors (Lipinski definition) is 0. The largest absolute Gasteiger partial charge is 0.459 e. The summed E-state index contributed by atoms with van der Waals surface area (Å²) < 4.78 is 10.3. The molecule has 0 spiro atoms. The van der Waals surface area contributed by atoms with E-state index in [4.69, 9.17) is 15.9 Å². The first-order valence-electron chi connectivity index (χ1n) is 4.89. The van der Waals surface area contributed by atoms with Crippen LogP contribution in [-0.4, -0.2) is 25.3 Å². The molecule has 0 aliphatic rings. The molecule has 0 radical (unpaired) electrons. The van der Waals surface area contributed by atoms with Gasteiger partial charge in [-0.3, -0.25) is 4.79 Å². The Balaban J connectivity index is 3.63. The standard InChI is InChI=1S/C11H18O3/c1-4-6-8-13-9-11(7-5-2)14-10(3)12/h2,11H,4,6-9H2,1,3H3. The fraction of sp³-hybridized carbons (Fsp3) is 0.727. The lowest BCUT2D eigenvalue weighted by Gasteiger charge is -2.14. The molecule has 3 heteroatoms. The van der Waals surface area contributed by atoms with Crippen LogP contribution in [0.3, 0.4) is 0 Å². The van der Waals surface area contributed by atoms with Crippen LogP contribution < -0.4 is 0 Å². The van der Waals surface area contributed by atoms with Gasteiger partial charge in [-0.05, 0) is 6.42 Å². The Bertz CT molecular complexity index is 193.